The number of nitrogens with one attached hydrogen (secondary N) is 2. The number of hydrogen-bond acceptors (Lipinski definition) is 5. The second kappa shape index (κ2) is 10.1. The van der Waals surface area contributed by atoms with Crippen molar-refractivity contribution in [2.24, 2.45) is 12.0 Å². The molecule has 2 amide bonds. The van der Waals surface area contributed by atoms with E-state index < -0.39 is 11.8 Å². The van der Waals surface area contributed by atoms with Crippen LogP contribution in [0.3, 0.4) is 0 Å². The van der Waals surface area contributed by atoms with Crippen LogP contribution in [0.4, 0.5) is 5.95 Å². The van der Waals surface area contributed by atoms with Crippen molar-refractivity contribution in [1.82, 2.24) is 24.6 Å². The highest BCUT2D eigenvalue weighted by Crippen LogP contribution is 2.26. The Morgan fingerprint density at radius 2 is 2.09 bits per heavy atom. The Balaban J connectivity index is 1.51. The maximum atomic E-state index is 13.0. The number of rotatable bonds is 7. The fraction of sp³-hybridized carbons (Fsp3) is 0.240. The smallest absolute Gasteiger partial charge is 0.298 e. The molecule has 0 spiro atoms. The molecule has 1 atom stereocenters. The van der Waals surface area contributed by atoms with E-state index in [2.05, 4.69) is 44.4 Å². The van der Waals surface area contributed by atoms with Crippen LogP contribution in [0, 0.1) is 0 Å². The van der Waals surface area contributed by atoms with E-state index in [1.165, 1.54) is 10.9 Å². The second-order valence-corrected chi connectivity index (χ2v) is 7.97. The number of hydrogen-bond donors (Lipinski definition) is 2. The van der Waals surface area contributed by atoms with Gasteiger partial charge in [-0.3, -0.25) is 14.3 Å². The largest absolute Gasteiger partial charge is 0.348 e. The average molecular weight is 458 g/mol. The number of fused-ring (bicyclic) bond motifs is 1. The number of carbonyl (C=O) groups excluding carboxylic acids is 2. The van der Waals surface area contributed by atoms with Gasteiger partial charge in [-0.05, 0) is 23.6 Å². The van der Waals surface area contributed by atoms with Gasteiger partial charge in [-0.25, -0.2) is 0 Å². The van der Waals surface area contributed by atoms with Gasteiger partial charge in [0.25, 0.3) is 11.8 Å². The number of benzene rings is 1. The molecule has 174 valence electrons. The van der Waals surface area contributed by atoms with Crippen LogP contribution in [0.25, 0.3) is 0 Å². The van der Waals surface area contributed by atoms with Crippen molar-refractivity contribution in [1.29, 1.82) is 0 Å². The molecule has 1 aromatic carbocycles. The van der Waals surface area contributed by atoms with Crippen LogP contribution in [0.15, 0.2) is 78.1 Å². The Morgan fingerprint density at radius 3 is 2.85 bits per heavy atom. The maximum absolute atomic E-state index is 13.0. The first-order valence-electron chi connectivity index (χ1n) is 11.1. The number of aromatic nitrogens is 4. The fourth-order valence-electron chi connectivity index (χ4n) is 3.68. The van der Waals surface area contributed by atoms with E-state index in [0.29, 0.717) is 5.95 Å². The van der Waals surface area contributed by atoms with Crippen LogP contribution in [0.2, 0.25) is 0 Å². The Kier molecular flexibility index (Phi) is 6.82. The van der Waals surface area contributed by atoms with E-state index in [9.17, 15) is 9.59 Å². The zero-order chi connectivity index (χ0) is 24.1. The molecule has 0 saturated carbocycles. The van der Waals surface area contributed by atoms with Crippen molar-refractivity contribution in [3.63, 3.8) is 0 Å². The highest BCUT2D eigenvalue weighted by molar-refractivity contribution is 6.06. The summed E-state index contributed by atoms with van der Waals surface area (Å²) in [5.74, 6) is -0.378. The molecule has 3 aromatic rings. The third-order valence-corrected chi connectivity index (χ3v) is 5.45. The summed E-state index contributed by atoms with van der Waals surface area (Å²) in [6, 6.07) is 11.9. The van der Waals surface area contributed by atoms with Crippen molar-refractivity contribution in [3.8, 4) is 0 Å². The summed E-state index contributed by atoms with van der Waals surface area (Å²) < 4.78 is 3.32. The second-order valence-electron chi connectivity index (χ2n) is 7.97. The van der Waals surface area contributed by atoms with Crippen molar-refractivity contribution in [3.05, 3.63) is 95.4 Å². The van der Waals surface area contributed by atoms with E-state index >= 15 is 0 Å². The van der Waals surface area contributed by atoms with Crippen LogP contribution in [-0.4, -0.2) is 37.7 Å². The fourth-order valence-corrected chi connectivity index (χ4v) is 3.68. The molecule has 34 heavy (non-hydrogen) atoms. The number of aryl methyl sites for hydroxylation is 1. The van der Waals surface area contributed by atoms with Gasteiger partial charge in [0, 0.05) is 26.3 Å². The summed E-state index contributed by atoms with van der Waals surface area (Å²) in [7, 11) is 1.60. The molecule has 0 saturated heterocycles. The lowest BCUT2D eigenvalue weighted by Crippen LogP contribution is -2.27. The molecule has 2 N–H and O–H groups in total. The van der Waals surface area contributed by atoms with E-state index in [1.54, 1.807) is 13.1 Å². The molecule has 4 rings (SSSR count). The molecule has 0 aliphatic carbocycles. The molecule has 3 heterocycles. The van der Waals surface area contributed by atoms with E-state index in [0.717, 1.165) is 24.1 Å². The highest BCUT2D eigenvalue weighted by Gasteiger charge is 2.23. The Bertz CT molecular complexity index is 1320. The minimum absolute atomic E-state index is 0.0916. The first kappa shape index (κ1) is 22.9. The number of allylic oxidation sites excluding steroid dienone is 1. The molecular formula is C25H27N7O2. The van der Waals surface area contributed by atoms with Gasteiger partial charge >= 0.3 is 0 Å². The maximum Gasteiger partial charge on any atom is 0.298 e. The molecule has 9 heteroatoms. The summed E-state index contributed by atoms with van der Waals surface area (Å²) in [6.07, 6.45) is 7.91. The first-order chi connectivity index (χ1) is 16.5. The third kappa shape index (κ3) is 5.03. The highest BCUT2D eigenvalue weighted by atomic mass is 16.2. The predicted molar refractivity (Wildman–Crippen MR) is 129 cm³/mol. The topological polar surface area (TPSA) is 106 Å². The molecule has 1 unspecified atom stereocenters. The number of amides is 2. The van der Waals surface area contributed by atoms with Crippen molar-refractivity contribution in [2.75, 3.05) is 11.9 Å². The average Bonchev–Trinajstić information content (AvgIpc) is 3.45. The van der Waals surface area contributed by atoms with E-state index in [4.69, 9.17) is 0 Å². The number of nitrogens with zero attached hydrogens (tertiary/aromatic N) is 5. The van der Waals surface area contributed by atoms with Gasteiger partial charge in [-0.15, -0.1) is 0 Å². The van der Waals surface area contributed by atoms with Crippen LogP contribution in [0.1, 0.15) is 45.8 Å². The van der Waals surface area contributed by atoms with Crippen molar-refractivity contribution >= 4 is 17.8 Å². The molecule has 2 aromatic heterocycles. The Hall–Kier alpha value is -4.27. The van der Waals surface area contributed by atoms with Gasteiger partial charge in [0.05, 0.1) is 17.8 Å². The lowest BCUT2D eigenvalue weighted by Gasteiger charge is -2.09. The Labute approximate surface area is 197 Å². The summed E-state index contributed by atoms with van der Waals surface area (Å²) in [4.78, 5) is 34.3. The zero-order valence-electron chi connectivity index (χ0n) is 19.2. The lowest BCUT2D eigenvalue weighted by atomic mass is 10.1. The molecule has 1 aliphatic heterocycles. The third-order valence-electron chi connectivity index (χ3n) is 5.45. The van der Waals surface area contributed by atoms with Gasteiger partial charge in [-0.2, -0.15) is 15.1 Å². The lowest BCUT2D eigenvalue weighted by molar-refractivity contribution is 0.0935. The number of anilines is 1. The number of carbonyl (C=O) groups is 2. The van der Waals surface area contributed by atoms with Gasteiger partial charge < -0.3 is 15.2 Å². The summed E-state index contributed by atoms with van der Waals surface area (Å²) >= 11 is 0. The quantitative estimate of drug-likeness (QED) is 0.531. The van der Waals surface area contributed by atoms with Gasteiger partial charge in [0.2, 0.25) is 5.95 Å². The van der Waals surface area contributed by atoms with Crippen LogP contribution in [-0.2, 0) is 13.6 Å². The SMILES string of the molecule is C=C(C=CCC)CNC(=O)c1cnn(C)c1C(=O)N=c1ccn2c(n1)NC(c1ccccc1)C2. The zero-order valence-corrected chi connectivity index (χ0v) is 19.2. The van der Waals surface area contributed by atoms with Crippen LogP contribution in [0.5, 0.6) is 0 Å². The molecule has 0 bridgehead atoms. The van der Waals surface area contributed by atoms with E-state index in [-0.39, 0.29) is 29.3 Å². The molecular weight excluding hydrogens is 430 g/mol. The minimum Gasteiger partial charge on any atom is -0.348 e. The summed E-state index contributed by atoms with van der Waals surface area (Å²) in [5, 5.41) is 10.2. The van der Waals surface area contributed by atoms with Crippen molar-refractivity contribution < 1.29 is 9.59 Å². The predicted octanol–water partition coefficient (Wildman–Crippen LogP) is 2.78. The van der Waals surface area contributed by atoms with Crippen LogP contribution >= 0.6 is 0 Å². The molecule has 0 radical (unpaired) electrons. The van der Waals surface area contributed by atoms with E-state index in [1.807, 2.05) is 48.0 Å². The summed E-state index contributed by atoms with van der Waals surface area (Å²) in [6.45, 7) is 6.92. The molecule has 0 fully saturated rings. The van der Waals surface area contributed by atoms with Crippen LogP contribution < -0.4 is 16.1 Å². The molecule has 1 aliphatic rings. The Morgan fingerprint density at radius 1 is 1.29 bits per heavy atom. The van der Waals surface area contributed by atoms with Crippen molar-refractivity contribution in [2.45, 2.75) is 25.9 Å². The minimum atomic E-state index is -0.593. The van der Waals surface area contributed by atoms with Gasteiger partial charge in [0.15, 0.2) is 5.49 Å². The monoisotopic (exact) mass is 457 g/mol. The summed E-state index contributed by atoms with van der Waals surface area (Å²) in [5.41, 5.74) is 2.42. The van der Waals surface area contributed by atoms with Gasteiger partial charge in [-0.1, -0.05) is 56.0 Å². The molecule has 9 nitrogen and oxygen atoms in total. The first-order valence-corrected chi connectivity index (χ1v) is 11.1. The normalized spacial score (nSPS) is 15.2. The standard InChI is InChI=1S/C25H27N7O2/c1-4-5-9-17(2)14-26-23(33)19-15-27-31(3)22(19)24(34)29-21-12-13-32-16-20(28-25(32)30-21)18-10-7-6-8-11-18/h5-13,15,20H,2,4,14,16H2,1,3H3,(H,26,33)(H,28,29,30,34). The van der Waals surface area contributed by atoms with Gasteiger partial charge in [0.1, 0.15) is 5.69 Å².